The van der Waals surface area contributed by atoms with Crippen LogP contribution in [0.4, 0.5) is 5.69 Å². The highest BCUT2D eigenvalue weighted by Gasteiger charge is 2.08. The number of carbonyl (C=O) groups is 2. The lowest BCUT2D eigenvalue weighted by molar-refractivity contribution is 0.0696. The van der Waals surface area contributed by atoms with Crippen molar-refractivity contribution in [1.82, 2.24) is 9.97 Å². The fraction of sp³-hybridized carbons (Fsp3) is 0. The van der Waals surface area contributed by atoms with E-state index in [4.69, 9.17) is 5.11 Å². The van der Waals surface area contributed by atoms with Gasteiger partial charge in [0.2, 0.25) is 0 Å². The number of aromatic nitrogens is 2. The monoisotopic (exact) mass is 243 g/mol. The number of carbonyl (C=O) groups excluding carboxylic acids is 1. The zero-order chi connectivity index (χ0) is 13.0. The Balaban J connectivity index is 2.17. The first-order valence-corrected chi connectivity index (χ1v) is 5.06. The first kappa shape index (κ1) is 11.7. The summed E-state index contributed by atoms with van der Waals surface area (Å²) in [5, 5.41) is 11.3. The predicted molar refractivity (Wildman–Crippen MR) is 63.4 cm³/mol. The number of carboxylic acid groups (broad SMARTS) is 1. The second kappa shape index (κ2) is 5.05. The Morgan fingerprint density at radius 1 is 1.11 bits per heavy atom. The predicted octanol–water partition coefficient (Wildman–Crippen LogP) is 1.43. The molecule has 1 amide bonds. The maximum atomic E-state index is 11.8. The van der Waals surface area contributed by atoms with Crippen molar-refractivity contribution in [3.05, 3.63) is 54.1 Å². The standard InChI is InChI=1S/C12H9N3O3/c16-11(8-2-1-3-13-5-8)15-10-4-9(12(17)18)6-14-7-10/h1-7H,(H,15,16)(H,17,18). The lowest BCUT2D eigenvalue weighted by Gasteiger charge is -2.04. The van der Waals surface area contributed by atoms with E-state index in [-0.39, 0.29) is 11.5 Å². The summed E-state index contributed by atoms with van der Waals surface area (Å²) >= 11 is 0. The molecule has 18 heavy (non-hydrogen) atoms. The minimum Gasteiger partial charge on any atom is -0.478 e. The molecule has 0 fully saturated rings. The Bertz CT molecular complexity index is 584. The molecular weight excluding hydrogens is 234 g/mol. The van der Waals surface area contributed by atoms with E-state index < -0.39 is 5.97 Å². The molecule has 0 radical (unpaired) electrons. The van der Waals surface area contributed by atoms with E-state index in [1.165, 1.54) is 24.7 Å². The third-order valence-electron chi connectivity index (χ3n) is 2.17. The lowest BCUT2D eigenvalue weighted by atomic mass is 10.2. The molecule has 0 aliphatic heterocycles. The second-order valence-corrected chi connectivity index (χ2v) is 3.46. The van der Waals surface area contributed by atoms with Crippen molar-refractivity contribution in [2.75, 3.05) is 5.32 Å². The summed E-state index contributed by atoms with van der Waals surface area (Å²) in [7, 11) is 0. The van der Waals surface area contributed by atoms with Gasteiger partial charge >= 0.3 is 5.97 Å². The van der Waals surface area contributed by atoms with Crippen molar-refractivity contribution < 1.29 is 14.7 Å². The highest BCUT2D eigenvalue weighted by atomic mass is 16.4. The minimum atomic E-state index is -1.10. The van der Waals surface area contributed by atoms with E-state index in [2.05, 4.69) is 15.3 Å². The van der Waals surface area contributed by atoms with Crippen molar-refractivity contribution in [2.24, 2.45) is 0 Å². The smallest absolute Gasteiger partial charge is 0.337 e. The Kier molecular flexibility index (Phi) is 3.29. The molecule has 6 nitrogen and oxygen atoms in total. The first-order chi connectivity index (χ1) is 8.66. The van der Waals surface area contributed by atoms with E-state index in [0.29, 0.717) is 11.3 Å². The number of hydrogen-bond acceptors (Lipinski definition) is 4. The molecule has 0 saturated carbocycles. The number of pyridine rings is 2. The number of carboxylic acids is 1. The van der Waals surface area contributed by atoms with Crippen LogP contribution in [0.1, 0.15) is 20.7 Å². The van der Waals surface area contributed by atoms with E-state index >= 15 is 0 Å². The summed E-state index contributed by atoms with van der Waals surface area (Å²) in [6.45, 7) is 0. The number of rotatable bonds is 3. The van der Waals surface area contributed by atoms with Crippen LogP contribution in [0.15, 0.2) is 43.0 Å². The molecule has 2 heterocycles. The van der Waals surface area contributed by atoms with Gasteiger partial charge in [-0.2, -0.15) is 0 Å². The van der Waals surface area contributed by atoms with Gasteiger partial charge in [0, 0.05) is 18.6 Å². The maximum absolute atomic E-state index is 11.8. The molecule has 6 heteroatoms. The van der Waals surface area contributed by atoms with Crippen LogP contribution in [0.2, 0.25) is 0 Å². The highest BCUT2D eigenvalue weighted by Crippen LogP contribution is 2.10. The molecule has 0 bridgehead atoms. The van der Waals surface area contributed by atoms with Crippen LogP contribution < -0.4 is 5.32 Å². The summed E-state index contributed by atoms with van der Waals surface area (Å²) < 4.78 is 0. The average molecular weight is 243 g/mol. The van der Waals surface area contributed by atoms with Crippen LogP contribution in [0.3, 0.4) is 0 Å². The number of nitrogens with one attached hydrogen (secondary N) is 1. The number of nitrogens with zero attached hydrogens (tertiary/aromatic N) is 2. The third-order valence-corrected chi connectivity index (χ3v) is 2.17. The Morgan fingerprint density at radius 3 is 2.56 bits per heavy atom. The Hall–Kier alpha value is -2.76. The largest absolute Gasteiger partial charge is 0.478 e. The van der Waals surface area contributed by atoms with E-state index in [1.807, 2.05) is 0 Å². The molecule has 90 valence electrons. The molecule has 0 aliphatic rings. The van der Waals surface area contributed by atoms with Gasteiger partial charge in [0.1, 0.15) is 0 Å². The van der Waals surface area contributed by atoms with Gasteiger partial charge in [0.25, 0.3) is 5.91 Å². The van der Waals surface area contributed by atoms with Gasteiger partial charge in [0.15, 0.2) is 0 Å². The molecule has 0 saturated heterocycles. The summed E-state index contributed by atoms with van der Waals surface area (Å²) in [6, 6.07) is 4.58. The van der Waals surface area contributed by atoms with Gasteiger partial charge in [-0.1, -0.05) is 0 Å². The molecule has 0 unspecified atom stereocenters. The Morgan fingerprint density at radius 2 is 1.89 bits per heavy atom. The molecule has 0 aliphatic carbocycles. The molecule has 2 aromatic rings. The van der Waals surface area contributed by atoms with Crippen molar-refractivity contribution in [3.63, 3.8) is 0 Å². The van der Waals surface area contributed by atoms with Crippen molar-refractivity contribution >= 4 is 17.6 Å². The van der Waals surface area contributed by atoms with Crippen molar-refractivity contribution in [2.45, 2.75) is 0 Å². The minimum absolute atomic E-state index is 0.0130. The second-order valence-electron chi connectivity index (χ2n) is 3.46. The summed E-state index contributed by atoms with van der Waals surface area (Å²) in [5.74, 6) is -1.47. The van der Waals surface area contributed by atoms with Crippen LogP contribution in [0.25, 0.3) is 0 Å². The highest BCUT2D eigenvalue weighted by molar-refractivity contribution is 6.04. The van der Waals surface area contributed by atoms with Gasteiger partial charge < -0.3 is 10.4 Å². The topological polar surface area (TPSA) is 92.2 Å². The van der Waals surface area contributed by atoms with Gasteiger partial charge in [-0.25, -0.2) is 4.79 Å². The molecule has 2 aromatic heterocycles. The zero-order valence-electron chi connectivity index (χ0n) is 9.20. The fourth-order valence-corrected chi connectivity index (χ4v) is 1.33. The van der Waals surface area contributed by atoms with Gasteiger partial charge in [-0.3, -0.25) is 14.8 Å². The van der Waals surface area contributed by atoms with E-state index in [1.54, 1.807) is 18.3 Å². The fourth-order valence-electron chi connectivity index (χ4n) is 1.33. The third kappa shape index (κ3) is 2.67. The molecule has 2 rings (SSSR count). The van der Waals surface area contributed by atoms with Crippen LogP contribution >= 0.6 is 0 Å². The number of amides is 1. The quantitative estimate of drug-likeness (QED) is 0.850. The molecule has 2 N–H and O–H groups in total. The number of aromatic carboxylic acids is 1. The normalized spacial score (nSPS) is 9.78. The number of anilines is 1. The summed E-state index contributed by atoms with van der Waals surface area (Å²) in [5.41, 5.74) is 0.723. The summed E-state index contributed by atoms with van der Waals surface area (Å²) in [4.78, 5) is 30.1. The van der Waals surface area contributed by atoms with Crippen molar-refractivity contribution in [3.8, 4) is 0 Å². The van der Waals surface area contributed by atoms with Crippen LogP contribution in [0, 0.1) is 0 Å². The van der Waals surface area contributed by atoms with Gasteiger partial charge in [-0.15, -0.1) is 0 Å². The SMILES string of the molecule is O=C(O)c1cncc(NC(=O)c2cccnc2)c1. The van der Waals surface area contributed by atoms with Gasteiger partial charge in [0.05, 0.1) is 23.0 Å². The van der Waals surface area contributed by atoms with Gasteiger partial charge in [-0.05, 0) is 18.2 Å². The average Bonchev–Trinajstić information content (AvgIpc) is 2.40. The number of hydrogen-bond donors (Lipinski definition) is 2. The molecule has 0 atom stereocenters. The molecule has 0 spiro atoms. The van der Waals surface area contributed by atoms with Crippen LogP contribution in [-0.2, 0) is 0 Å². The van der Waals surface area contributed by atoms with E-state index in [0.717, 1.165) is 0 Å². The molecule has 0 aromatic carbocycles. The van der Waals surface area contributed by atoms with Crippen molar-refractivity contribution in [1.29, 1.82) is 0 Å². The first-order valence-electron chi connectivity index (χ1n) is 5.06. The van der Waals surface area contributed by atoms with E-state index in [9.17, 15) is 9.59 Å². The summed E-state index contributed by atoms with van der Waals surface area (Å²) in [6.07, 6.45) is 5.57. The van der Waals surface area contributed by atoms with Crippen LogP contribution in [0.5, 0.6) is 0 Å². The maximum Gasteiger partial charge on any atom is 0.337 e. The van der Waals surface area contributed by atoms with Crippen LogP contribution in [-0.4, -0.2) is 27.0 Å². The zero-order valence-corrected chi connectivity index (χ0v) is 9.20. The lowest BCUT2D eigenvalue weighted by Crippen LogP contribution is -2.12. The molecular formula is C12H9N3O3. The Labute approximate surface area is 102 Å².